The van der Waals surface area contributed by atoms with E-state index < -0.39 is 34.5 Å². The van der Waals surface area contributed by atoms with E-state index in [2.05, 4.69) is 0 Å². The predicted molar refractivity (Wildman–Crippen MR) is 142 cm³/mol. The maximum Gasteiger partial charge on any atom is 0.342 e. The van der Waals surface area contributed by atoms with Crippen LogP contribution in [-0.4, -0.2) is 29.8 Å². The molecule has 9 nitrogen and oxygen atoms in total. The Morgan fingerprint density at radius 1 is 0.897 bits per heavy atom. The number of rotatable bonds is 7. The van der Waals surface area contributed by atoms with E-state index >= 15 is 0 Å². The van der Waals surface area contributed by atoms with Crippen molar-refractivity contribution >= 4 is 40.8 Å². The zero-order chi connectivity index (χ0) is 27.7. The molecule has 4 aromatic rings. The minimum Gasteiger partial charge on any atom is -0.496 e. The van der Waals surface area contributed by atoms with Gasteiger partial charge in [0.1, 0.15) is 16.9 Å². The van der Waals surface area contributed by atoms with Gasteiger partial charge in [0.2, 0.25) is 0 Å². The highest BCUT2D eigenvalue weighted by molar-refractivity contribution is 6.40. The monoisotopic (exact) mass is 542 g/mol. The lowest BCUT2D eigenvalue weighted by molar-refractivity contribution is -0.385. The van der Waals surface area contributed by atoms with Crippen molar-refractivity contribution in [1.29, 1.82) is 0 Å². The number of imide groups is 1. The summed E-state index contributed by atoms with van der Waals surface area (Å²) in [4.78, 5) is 51.1. The molecule has 0 saturated carbocycles. The molecule has 1 heterocycles. The van der Waals surface area contributed by atoms with Crippen molar-refractivity contribution in [3.63, 3.8) is 0 Å². The number of carbonyl (C=O) groups excluding carboxylic acids is 3. The van der Waals surface area contributed by atoms with Gasteiger partial charge in [0.25, 0.3) is 17.5 Å². The van der Waals surface area contributed by atoms with Crippen molar-refractivity contribution in [3.8, 4) is 5.75 Å². The molecule has 5 rings (SSSR count). The summed E-state index contributed by atoms with van der Waals surface area (Å²) in [6, 6.07) is 24.6. The first-order valence-corrected chi connectivity index (χ1v) is 12.0. The van der Waals surface area contributed by atoms with Crippen LogP contribution in [0.3, 0.4) is 0 Å². The zero-order valence-corrected chi connectivity index (χ0v) is 21.1. The van der Waals surface area contributed by atoms with Crippen LogP contribution < -0.4 is 9.64 Å². The maximum absolute atomic E-state index is 13.4. The minimum atomic E-state index is -0.908. The highest BCUT2D eigenvalue weighted by Gasteiger charge is 2.43. The van der Waals surface area contributed by atoms with Gasteiger partial charge in [-0.1, -0.05) is 78.3 Å². The number of fused-ring (bicyclic) bond motifs is 1. The number of anilines is 1. The third-order valence-electron chi connectivity index (χ3n) is 6.25. The number of halogens is 1. The molecule has 0 unspecified atom stereocenters. The molecule has 194 valence electrons. The molecule has 0 atom stereocenters. The van der Waals surface area contributed by atoms with Gasteiger partial charge in [0.15, 0.2) is 6.10 Å². The fourth-order valence-corrected chi connectivity index (χ4v) is 4.68. The van der Waals surface area contributed by atoms with Gasteiger partial charge in [-0.05, 0) is 23.3 Å². The van der Waals surface area contributed by atoms with E-state index in [9.17, 15) is 24.5 Å². The van der Waals surface area contributed by atoms with Gasteiger partial charge in [-0.25, -0.2) is 9.69 Å². The number of amides is 2. The second-order valence-corrected chi connectivity index (χ2v) is 8.92. The van der Waals surface area contributed by atoms with Gasteiger partial charge in [0, 0.05) is 12.1 Å². The Labute approximate surface area is 227 Å². The van der Waals surface area contributed by atoms with Crippen molar-refractivity contribution in [1.82, 2.24) is 0 Å². The summed E-state index contributed by atoms with van der Waals surface area (Å²) in [5, 5.41) is 11.3. The Hall–Kier alpha value is -5.02. The highest BCUT2D eigenvalue weighted by atomic mass is 35.5. The number of carbonyl (C=O) groups is 3. The van der Waals surface area contributed by atoms with Gasteiger partial charge >= 0.3 is 5.97 Å². The van der Waals surface area contributed by atoms with Crippen molar-refractivity contribution in [2.24, 2.45) is 0 Å². The van der Waals surface area contributed by atoms with Crippen LogP contribution in [0.2, 0.25) is 5.02 Å². The number of nitro groups is 1. The van der Waals surface area contributed by atoms with Crippen molar-refractivity contribution in [2.45, 2.75) is 6.10 Å². The molecule has 1 aliphatic heterocycles. The van der Waals surface area contributed by atoms with Crippen LogP contribution >= 0.6 is 11.6 Å². The first-order chi connectivity index (χ1) is 18.8. The number of hydrogen-bond donors (Lipinski definition) is 0. The van der Waals surface area contributed by atoms with Crippen LogP contribution in [0.5, 0.6) is 5.75 Å². The van der Waals surface area contributed by atoms with Gasteiger partial charge in [-0.2, -0.15) is 0 Å². The summed E-state index contributed by atoms with van der Waals surface area (Å²) < 4.78 is 11.3. The van der Waals surface area contributed by atoms with Gasteiger partial charge in [-0.3, -0.25) is 19.7 Å². The number of ether oxygens (including phenoxy) is 2. The molecule has 0 bridgehead atoms. The molecule has 2 amide bonds. The zero-order valence-electron chi connectivity index (χ0n) is 20.4. The van der Waals surface area contributed by atoms with E-state index in [1.807, 2.05) is 60.7 Å². The van der Waals surface area contributed by atoms with E-state index in [0.717, 1.165) is 22.1 Å². The average Bonchev–Trinajstić information content (AvgIpc) is 3.21. The van der Waals surface area contributed by atoms with E-state index in [1.54, 1.807) is 0 Å². The molecule has 0 aromatic heterocycles. The third kappa shape index (κ3) is 4.60. The molecule has 0 saturated heterocycles. The standard InChI is InChI=1S/C29H19ClN2O7/c1-38-24-16-23(31-27(33)19-13-8-14-22(32(36)37)25(19)28(31)34)21(30)15-20(24)29(35)39-26(17-9-4-2-5-10-17)18-11-6-3-7-12-18/h2-16,26H,1H3. The van der Waals surface area contributed by atoms with Crippen LogP contribution in [0.4, 0.5) is 11.4 Å². The topological polar surface area (TPSA) is 116 Å². The average molecular weight is 543 g/mol. The molecular formula is C29H19ClN2O7. The molecule has 0 spiro atoms. The summed E-state index contributed by atoms with van der Waals surface area (Å²) in [6.07, 6.45) is -0.736. The Kier molecular flexibility index (Phi) is 6.83. The van der Waals surface area contributed by atoms with Crippen molar-refractivity contribution in [3.05, 3.63) is 134 Å². The fourth-order valence-electron chi connectivity index (χ4n) is 4.44. The van der Waals surface area contributed by atoms with Crippen molar-refractivity contribution in [2.75, 3.05) is 12.0 Å². The lowest BCUT2D eigenvalue weighted by Gasteiger charge is -2.21. The number of benzene rings is 4. The van der Waals surface area contributed by atoms with Gasteiger partial charge in [-0.15, -0.1) is 0 Å². The SMILES string of the molecule is COc1cc(N2C(=O)c3cccc([N+](=O)[O-])c3C2=O)c(Cl)cc1C(=O)OC(c1ccccc1)c1ccccc1. The van der Waals surface area contributed by atoms with Gasteiger partial charge in [0.05, 0.1) is 28.3 Å². The van der Waals surface area contributed by atoms with E-state index in [0.29, 0.717) is 0 Å². The molecule has 0 fully saturated rings. The smallest absolute Gasteiger partial charge is 0.342 e. The molecule has 0 N–H and O–H groups in total. The van der Waals surface area contributed by atoms with Crippen LogP contribution in [0.1, 0.15) is 48.3 Å². The molecule has 1 aliphatic rings. The first-order valence-electron chi connectivity index (χ1n) is 11.7. The maximum atomic E-state index is 13.4. The third-order valence-corrected chi connectivity index (χ3v) is 6.55. The Balaban J connectivity index is 1.52. The molecular weight excluding hydrogens is 524 g/mol. The normalized spacial score (nSPS) is 12.4. The Morgan fingerprint density at radius 3 is 2.08 bits per heavy atom. The Morgan fingerprint density at radius 2 is 1.51 bits per heavy atom. The summed E-state index contributed by atoms with van der Waals surface area (Å²) in [5.74, 6) is -2.46. The van der Waals surface area contributed by atoms with E-state index in [-0.39, 0.29) is 33.1 Å². The van der Waals surface area contributed by atoms with Crippen LogP contribution in [0.15, 0.2) is 91.0 Å². The van der Waals surface area contributed by atoms with Crippen molar-refractivity contribution < 1.29 is 28.8 Å². The molecule has 39 heavy (non-hydrogen) atoms. The Bertz CT molecular complexity index is 1580. The van der Waals surface area contributed by atoms with Crippen LogP contribution in [0.25, 0.3) is 0 Å². The molecule has 0 radical (unpaired) electrons. The lowest BCUT2D eigenvalue weighted by atomic mass is 10.0. The first kappa shape index (κ1) is 25.6. The number of nitrogens with zero attached hydrogens (tertiary/aromatic N) is 2. The largest absolute Gasteiger partial charge is 0.496 e. The molecule has 0 aliphatic carbocycles. The fraction of sp³-hybridized carbons (Fsp3) is 0.0690. The summed E-state index contributed by atoms with van der Waals surface area (Å²) in [6.45, 7) is 0. The number of hydrogen-bond acceptors (Lipinski definition) is 7. The van der Waals surface area contributed by atoms with E-state index in [1.165, 1.54) is 31.4 Å². The number of nitro benzene ring substituents is 1. The molecule has 4 aromatic carbocycles. The molecule has 10 heteroatoms. The number of esters is 1. The second-order valence-electron chi connectivity index (χ2n) is 8.51. The lowest BCUT2D eigenvalue weighted by Crippen LogP contribution is -2.30. The van der Waals surface area contributed by atoms with Gasteiger partial charge < -0.3 is 9.47 Å². The number of methoxy groups -OCH3 is 1. The minimum absolute atomic E-state index is 0.00895. The summed E-state index contributed by atoms with van der Waals surface area (Å²) in [7, 11) is 1.31. The van der Waals surface area contributed by atoms with Crippen LogP contribution in [-0.2, 0) is 4.74 Å². The predicted octanol–water partition coefficient (Wildman–Crippen LogP) is 6.00. The quantitative estimate of drug-likeness (QED) is 0.122. The summed E-state index contributed by atoms with van der Waals surface area (Å²) in [5.41, 5.74) is 0.405. The summed E-state index contributed by atoms with van der Waals surface area (Å²) >= 11 is 6.49. The highest BCUT2D eigenvalue weighted by Crippen LogP contribution is 2.40. The van der Waals surface area contributed by atoms with Crippen LogP contribution in [0, 0.1) is 10.1 Å². The second kappa shape index (κ2) is 10.4. The van der Waals surface area contributed by atoms with E-state index in [4.69, 9.17) is 21.1 Å².